The molecule has 17 heavy (non-hydrogen) atoms. The average molecular weight is 255 g/mol. The number of anilines is 1. The average Bonchev–Trinajstić information content (AvgIpc) is 2.85. The van der Waals surface area contributed by atoms with Crippen LogP contribution in [0, 0.1) is 0 Å². The monoisotopic (exact) mass is 254 g/mol. The Bertz CT molecular complexity index is 335. The first kappa shape index (κ1) is 12.6. The van der Waals surface area contributed by atoms with E-state index in [1.54, 1.807) is 12.4 Å². The Hall–Kier alpha value is -0.870. The van der Waals surface area contributed by atoms with Crippen LogP contribution in [0.3, 0.4) is 0 Å². The summed E-state index contributed by atoms with van der Waals surface area (Å²) in [5, 5.41) is 3.77. The third-order valence-corrected chi connectivity index (χ3v) is 3.51. The molecular formula is C12H19ClN4. The normalized spacial score (nSPS) is 16.6. The summed E-state index contributed by atoms with van der Waals surface area (Å²) in [5.74, 6) is 0.647. The van der Waals surface area contributed by atoms with E-state index in [0.717, 1.165) is 19.1 Å². The van der Waals surface area contributed by atoms with E-state index >= 15 is 0 Å². The molecule has 1 aromatic heterocycles. The van der Waals surface area contributed by atoms with Gasteiger partial charge in [-0.05, 0) is 19.9 Å². The second-order valence-electron chi connectivity index (χ2n) is 4.57. The molecule has 0 atom stereocenters. The van der Waals surface area contributed by atoms with E-state index in [-0.39, 0.29) is 0 Å². The quantitative estimate of drug-likeness (QED) is 0.876. The van der Waals surface area contributed by atoms with Crippen molar-refractivity contribution in [3.8, 4) is 0 Å². The zero-order valence-electron chi connectivity index (χ0n) is 10.2. The molecule has 5 heteroatoms. The molecular weight excluding hydrogens is 236 g/mol. The minimum absolute atomic E-state index is 0.568. The molecule has 2 rings (SSSR count). The van der Waals surface area contributed by atoms with Gasteiger partial charge in [-0.25, -0.2) is 9.97 Å². The zero-order valence-corrected chi connectivity index (χ0v) is 11.0. The fraction of sp³-hybridized carbons (Fsp3) is 0.667. The van der Waals surface area contributed by atoms with Crippen LogP contribution < -0.4 is 5.32 Å². The van der Waals surface area contributed by atoms with Crippen LogP contribution in [0.15, 0.2) is 12.4 Å². The molecule has 1 heterocycles. The van der Waals surface area contributed by atoms with Gasteiger partial charge in [-0.1, -0.05) is 24.4 Å². The topological polar surface area (TPSA) is 41.0 Å². The van der Waals surface area contributed by atoms with Crippen LogP contribution >= 0.6 is 11.6 Å². The van der Waals surface area contributed by atoms with E-state index in [1.807, 2.05) is 0 Å². The largest absolute Gasteiger partial charge is 0.353 e. The van der Waals surface area contributed by atoms with Gasteiger partial charge >= 0.3 is 0 Å². The van der Waals surface area contributed by atoms with Gasteiger partial charge in [-0.15, -0.1) is 0 Å². The van der Waals surface area contributed by atoms with Crippen LogP contribution in [0.2, 0.25) is 5.02 Å². The summed E-state index contributed by atoms with van der Waals surface area (Å²) in [6.07, 6.45) is 8.66. The third kappa shape index (κ3) is 3.82. The number of hydrogen-bond acceptors (Lipinski definition) is 4. The molecule has 0 aromatic carbocycles. The van der Waals surface area contributed by atoms with Gasteiger partial charge in [-0.3, -0.25) is 0 Å². The van der Waals surface area contributed by atoms with Crippen molar-refractivity contribution >= 4 is 17.5 Å². The van der Waals surface area contributed by atoms with E-state index in [0.29, 0.717) is 11.0 Å². The van der Waals surface area contributed by atoms with Crippen molar-refractivity contribution in [2.75, 3.05) is 25.5 Å². The van der Waals surface area contributed by atoms with Crippen LogP contribution in [0.1, 0.15) is 25.7 Å². The lowest BCUT2D eigenvalue weighted by atomic mass is 10.2. The van der Waals surface area contributed by atoms with Crippen molar-refractivity contribution < 1.29 is 0 Å². The molecule has 0 spiro atoms. The Kier molecular flexibility index (Phi) is 4.57. The molecule has 0 radical (unpaired) electrons. The predicted octanol–water partition coefficient (Wildman–Crippen LogP) is 2.42. The third-order valence-electron chi connectivity index (χ3n) is 3.32. The highest BCUT2D eigenvalue weighted by Gasteiger charge is 2.18. The molecule has 0 aliphatic heterocycles. The molecule has 1 aliphatic carbocycles. The van der Waals surface area contributed by atoms with Crippen LogP contribution in [-0.4, -0.2) is 41.0 Å². The molecule has 1 aromatic rings. The second kappa shape index (κ2) is 6.17. The molecule has 94 valence electrons. The molecule has 0 saturated heterocycles. The number of aromatic nitrogens is 2. The molecule has 0 amide bonds. The Morgan fingerprint density at radius 2 is 2.00 bits per heavy atom. The van der Waals surface area contributed by atoms with Crippen molar-refractivity contribution in [1.82, 2.24) is 14.9 Å². The Balaban J connectivity index is 1.70. The number of hydrogen-bond donors (Lipinski definition) is 1. The number of likely N-dealkylation sites (N-methyl/N-ethyl adjacent to an activating group) is 1. The van der Waals surface area contributed by atoms with Crippen molar-refractivity contribution in [2.45, 2.75) is 31.7 Å². The highest BCUT2D eigenvalue weighted by atomic mass is 35.5. The first-order valence-corrected chi connectivity index (χ1v) is 6.55. The first-order chi connectivity index (χ1) is 8.25. The summed E-state index contributed by atoms with van der Waals surface area (Å²) in [6.45, 7) is 1.89. The zero-order chi connectivity index (χ0) is 12.1. The lowest BCUT2D eigenvalue weighted by Crippen LogP contribution is -2.33. The van der Waals surface area contributed by atoms with Crippen LogP contribution in [-0.2, 0) is 0 Å². The van der Waals surface area contributed by atoms with Gasteiger partial charge in [0.2, 0.25) is 5.95 Å². The Morgan fingerprint density at radius 3 is 2.65 bits per heavy atom. The molecule has 1 saturated carbocycles. The number of nitrogens with zero attached hydrogens (tertiary/aromatic N) is 3. The highest BCUT2D eigenvalue weighted by Crippen LogP contribution is 2.21. The molecule has 0 bridgehead atoms. The summed E-state index contributed by atoms with van der Waals surface area (Å²) in [7, 11) is 2.19. The summed E-state index contributed by atoms with van der Waals surface area (Å²) in [4.78, 5) is 10.6. The van der Waals surface area contributed by atoms with Gasteiger partial charge in [-0.2, -0.15) is 0 Å². The van der Waals surface area contributed by atoms with Crippen molar-refractivity contribution in [3.63, 3.8) is 0 Å². The molecule has 4 nitrogen and oxygen atoms in total. The number of halogens is 1. The maximum Gasteiger partial charge on any atom is 0.222 e. The van der Waals surface area contributed by atoms with Crippen LogP contribution in [0.4, 0.5) is 5.95 Å². The molecule has 1 fully saturated rings. The van der Waals surface area contributed by atoms with Crippen LogP contribution in [0.5, 0.6) is 0 Å². The number of rotatable bonds is 5. The van der Waals surface area contributed by atoms with Gasteiger partial charge in [0.1, 0.15) is 0 Å². The highest BCUT2D eigenvalue weighted by molar-refractivity contribution is 6.30. The van der Waals surface area contributed by atoms with E-state index in [2.05, 4.69) is 27.2 Å². The van der Waals surface area contributed by atoms with Gasteiger partial charge in [0.25, 0.3) is 0 Å². The maximum absolute atomic E-state index is 5.72. The summed E-state index contributed by atoms with van der Waals surface area (Å²) in [5.41, 5.74) is 0. The fourth-order valence-electron chi connectivity index (χ4n) is 2.28. The van der Waals surface area contributed by atoms with Crippen molar-refractivity contribution in [3.05, 3.63) is 17.4 Å². The van der Waals surface area contributed by atoms with E-state index in [1.165, 1.54) is 25.7 Å². The minimum Gasteiger partial charge on any atom is -0.353 e. The molecule has 1 aliphatic rings. The molecule has 0 unspecified atom stereocenters. The fourth-order valence-corrected chi connectivity index (χ4v) is 2.37. The molecule has 1 N–H and O–H groups in total. The summed E-state index contributed by atoms with van der Waals surface area (Å²) < 4.78 is 0. The van der Waals surface area contributed by atoms with Gasteiger partial charge < -0.3 is 10.2 Å². The SMILES string of the molecule is CN(CCNc1ncc(Cl)cn1)C1CCCC1. The van der Waals surface area contributed by atoms with E-state index < -0.39 is 0 Å². The summed E-state index contributed by atoms with van der Waals surface area (Å²) in [6, 6.07) is 0.767. The smallest absolute Gasteiger partial charge is 0.222 e. The van der Waals surface area contributed by atoms with E-state index in [9.17, 15) is 0 Å². The Labute approximate surface area is 107 Å². The van der Waals surface area contributed by atoms with Crippen molar-refractivity contribution in [2.24, 2.45) is 0 Å². The van der Waals surface area contributed by atoms with E-state index in [4.69, 9.17) is 11.6 Å². The lowest BCUT2D eigenvalue weighted by molar-refractivity contribution is 0.254. The first-order valence-electron chi connectivity index (χ1n) is 6.17. The second-order valence-corrected chi connectivity index (χ2v) is 5.01. The standard InChI is InChI=1S/C12H19ClN4/c1-17(11-4-2-3-5-11)7-6-14-12-15-8-10(13)9-16-12/h8-9,11H,2-7H2,1H3,(H,14,15,16). The Morgan fingerprint density at radius 1 is 1.35 bits per heavy atom. The predicted molar refractivity (Wildman–Crippen MR) is 70.4 cm³/mol. The van der Waals surface area contributed by atoms with Gasteiger partial charge in [0.15, 0.2) is 0 Å². The maximum atomic E-state index is 5.72. The van der Waals surface area contributed by atoms with Gasteiger partial charge in [0, 0.05) is 19.1 Å². The minimum atomic E-state index is 0.568. The van der Waals surface area contributed by atoms with Gasteiger partial charge in [0.05, 0.1) is 17.4 Å². The lowest BCUT2D eigenvalue weighted by Gasteiger charge is -2.23. The summed E-state index contributed by atoms with van der Waals surface area (Å²) >= 11 is 5.72. The van der Waals surface area contributed by atoms with Crippen LogP contribution in [0.25, 0.3) is 0 Å². The number of nitrogens with one attached hydrogen (secondary N) is 1. The van der Waals surface area contributed by atoms with Crippen molar-refractivity contribution in [1.29, 1.82) is 0 Å².